The van der Waals surface area contributed by atoms with E-state index in [1.165, 1.54) is 0 Å². The van der Waals surface area contributed by atoms with E-state index in [0.717, 1.165) is 5.56 Å². The van der Waals surface area contributed by atoms with Gasteiger partial charge in [-0.3, -0.25) is 10.2 Å². The van der Waals surface area contributed by atoms with Gasteiger partial charge in [0.2, 0.25) is 0 Å². The molecule has 21 heavy (non-hydrogen) atoms. The van der Waals surface area contributed by atoms with Crippen molar-refractivity contribution in [2.75, 3.05) is 0 Å². The fourth-order valence-corrected chi connectivity index (χ4v) is 1.87. The maximum Gasteiger partial charge on any atom is 0.408 e. The number of amides is 2. The number of nitrogens with two attached hydrogens (primary N) is 1. The van der Waals surface area contributed by atoms with Crippen LogP contribution in [0.4, 0.5) is 4.79 Å². The zero-order valence-electron chi connectivity index (χ0n) is 12.9. The molecule has 0 fully saturated rings. The predicted octanol–water partition coefficient (Wildman–Crippen LogP) is 1.50. The molecule has 1 unspecified atom stereocenters. The highest BCUT2D eigenvalue weighted by molar-refractivity contribution is 5.89. The average molecular weight is 293 g/mol. The molecule has 116 valence electrons. The molecular weight excluding hydrogens is 270 g/mol. The first-order chi connectivity index (χ1) is 9.66. The summed E-state index contributed by atoms with van der Waals surface area (Å²) in [5.74, 6) is 4.73. The Hall–Kier alpha value is -2.08. The van der Waals surface area contributed by atoms with Crippen LogP contribution in [0.15, 0.2) is 30.3 Å². The quantitative estimate of drug-likeness (QED) is 0.445. The number of rotatable bonds is 4. The lowest BCUT2D eigenvalue weighted by Gasteiger charge is -2.30. The summed E-state index contributed by atoms with van der Waals surface area (Å²) in [4.78, 5) is 24.0. The van der Waals surface area contributed by atoms with E-state index in [4.69, 9.17) is 10.6 Å². The molecule has 0 aliphatic heterocycles. The van der Waals surface area contributed by atoms with Crippen LogP contribution < -0.4 is 16.6 Å². The molecule has 1 aromatic carbocycles. The zero-order chi connectivity index (χ0) is 16.1. The van der Waals surface area contributed by atoms with Crippen molar-refractivity contribution in [1.82, 2.24) is 10.7 Å². The van der Waals surface area contributed by atoms with Crippen LogP contribution in [0, 0.1) is 0 Å². The minimum atomic E-state index is -1.20. The normalized spacial score (nSPS) is 14.0. The van der Waals surface area contributed by atoms with E-state index in [1.807, 2.05) is 30.3 Å². The van der Waals surface area contributed by atoms with Crippen molar-refractivity contribution in [3.8, 4) is 0 Å². The van der Waals surface area contributed by atoms with Crippen LogP contribution in [-0.2, 0) is 16.0 Å². The number of hydrazine groups is 1. The third-order valence-corrected chi connectivity index (χ3v) is 2.81. The SMILES string of the molecule is CC(C)(C)OC(=O)NC(C)(Cc1ccccc1)C(=O)NN. The molecule has 1 aromatic rings. The molecule has 6 nitrogen and oxygen atoms in total. The lowest BCUT2D eigenvalue weighted by molar-refractivity contribution is -0.127. The summed E-state index contributed by atoms with van der Waals surface area (Å²) < 4.78 is 5.19. The Kier molecular flexibility index (Phi) is 5.32. The Morgan fingerprint density at radius 2 is 1.71 bits per heavy atom. The van der Waals surface area contributed by atoms with Gasteiger partial charge < -0.3 is 10.1 Å². The van der Waals surface area contributed by atoms with E-state index in [-0.39, 0.29) is 0 Å². The molecule has 0 saturated carbocycles. The highest BCUT2D eigenvalue weighted by atomic mass is 16.6. The number of hydrogen-bond donors (Lipinski definition) is 3. The maximum absolute atomic E-state index is 12.0. The monoisotopic (exact) mass is 293 g/mol. The Morgan fingerprint density at radius 1 is 1.14 bits per heavy atom. The Labute approximate surface area is 125 Å². The summed E-state index contributed by atoms with van der Waals surface area (Å²) >= 11 is 0. The smallest absolute Gasteiger partial charge is 0.408 e. The van der Waals surface area contributed by atoms with Gasteiger partial charge in [-0.25, -0.2) is 10.6 Å². The summed E-state index contributed by atoms with van der Waals surface area (Å²) in [6, 6.07) is 9.36. The van der Waals surface area contributed by atoms with Gasteiger partial charge in [0.05, 0.1) is 0 Å². The summed E-state index contributed by atoms with van der Waals surface area (Å²) in [5, 5.41) is 2.60. The highest BCUT2D eigenvalue weighted by Gasteiger charge is 2.36. The van der Waals surface area contributed by atoms with Gasteiger partial charge >= 0.3 is 6.09 Å². The molecule has 0 spiro atoms. The van der Waals surface area contributed by atoms with E-state index in [2.05, 4.69) is 10.7 Å². The number of carbonyl (C=O) groups excluding carboxylic acids is 2. The predicted molar refractivity (Wildman–Crippen MR) is 80.3 cm³/mol. The highest BCUT2D eigenvalue weighted by Crippen LogP contribution is 2.15. The maximum atomic E-state index is 12.0. The van der Waals surface area contributed by atoms with Crippen LogP contribution in [0.3, 0.4) is 0 Å². The van der Waals surface area contributed by atoms with E-state index >= 15 is 0 Å². The molecule has 0 radical (unpaired) electrons. The lowest BCUT2D eigenvalue weighted by Crippen LogP contribution is -2.60. The summed E-state index contributed by atoms with van der Waals surface area (Å²) in [7, 11) is 0. The third kappa shape index (κ3) is 5.43. The van der Waals surface area contributed by atoms with Crippen molar-refractivity contribution >= 4 is 12.0 Å². The van der Waals surface area contributed by atoms with Crippen molar-refractivity contribution in [1.29, 1.82) is 0 Å². The molecule has 0 aliphatic rings. The molecule has 0 aromatic heterocycles. The van der Waals surface area contributed by atoms with Gasteiger partial charge in [-0.1, -0.05) is 30.3 Å². The second kappa shape index (κ2) is 6.58. The van der Waals surface area contributed by atoms with Crippen molar-refractivity contribution in [3.05, 3.63) is 35.9 Å². The van der Waals surface area contributed by atoms with Crippen molar-refractivity contribution < 1.29 is 14.3 Å². The Bertz CT molecular complexity index is 497. The Balaban J connectivity index is 2.89. The first-order valence-corrected chi connectivity index (χ1v) is 6.72. The summed E-state index contributed by atoms with van der Waals surface area (Å²) in [5.41, 5.74) is 1.15. The van der Waals surface area contributed by atoms with Crippen LogP contribution in [-0.4, -0.2) is 23.1 Å². The molecule has 0 heterocycles. The largest absolute Gasteiger partial charge is 0.444 e. The Morgan fingerprint density at radius 3 is 2.19 bits per heavy atom. The number of alkyl carbamates (subject to hydrolysis) is 1. The average Bonchev–Trinajstić information content (AvgIpc) is 2.36. The van der Waals surface area contributed by atoms with Crippen LogP contribution in [0.1, 0.15) is 33.3 Å². The number of carbonyl (C=O) groups is 2. The van der Waals surface area contributed by atoms with Gasteiger partial charge in [0, 0.05) is 6.42 Å². The van der Waals surface area contributed by atoms with Gasteiger partial charge in [0.1, 0.15) is 11.1 Å². The zero-order valence-corrected chi connectivity index (χ0v) is 12.9. The number of ether oxygens (including phenoxy) is 1. The second-order valence-corrected chi connectivity index (χ2v) is 6.09. The number of nitrogens with one attached hydrogen (secondary N) is 2. The van der Waals surface area contributed by atoms with Crippen molar-refractivity contribution in [3.63, 3.8) is 0 Å². The third-order valence-electron chi connectivity index (χ3n) is 2.81. The number of benzene rings is 1. The van der Waals surface area contributed by atoms with Crippen LogP contribution >= 0.6 is 0 Å². The van der Waals surface area contributed by atoms with Gasteiger partial charge in [-0.15, -0.1) is 0 Å². The van der Waals surface area contributed by atoms with Gasteiger partial charge in [-0.05, 0) is 33.3 Å². The fraction of sp³-hybridized carbons (Fsp3) is 0.467. The molecule has 6 heteroatoms. The van der Waals surface area contributed by atoms with Crippen LogP contribution in [0.5, 0.6) is 0 Å². The fourth-order valence-electron chi connectivity index (χ4n) is 1.87. The minimum absolute atomic E-state index is 0.302. The molecule has 1 rings (SSSR count). The minimum Gasteiger partial charge on any atom is -0.444 e. The van der Waals surface area contributed by atoms with Gasteiger partial charge in [0.25, 0.3) is 5.91 Å². The molecule has 1 atom stereocenters. The standard InChI is InChI=1S/C15H23N3O3/c1-14(2,3)21-13(20)17-15(4,12(19)18-16)10-11-8-6-5-7-9-11/h5-9H,10,16H2,1-4H3,(H,17,20)(H,18,19). The van der Waals surface area contributed by atoms with Crippen molar-refractivity contribution in [2.24, 2.45) is 5.84 Å². The first kappa shape index (κ1) is 17.0. The van der Waals surface area contributed by atoms with E-state index in [1.54, 1.807) is 27.7 Å². The molecule has 2 amide bonds. The van der Waals surface area contributed by atoms with Gasteiger partial charge in [0.15, 0.2) is 0 Å². The lowest BCUT2D eigenvalue weighted by atomic mass is 9.92. The van der Waals surface area contributed by atoms with Crippen LogP contribution in [0.2, 0.25) is 0 Å². The van der Waals surface area contributed by atoms with E-state index in [0.29, 0.717) is 6.42 Å². The molecule has 0 aliphatic carbocycles. The van der Waals surface area contributed by atoms with Gasteiger partial charge in [-0.2, -0.15) is 0 Å². The topological polar surface area (TPSA) is 93.4 Å². The van der Waals surface area contributed by atoms with Crippen molar-refractivity contribution in [2.45, 2.75) is 45.3 Å². The van der Waals surface area contributed by atoms with E-state index < -0.39 is 23.1 Å². The molecule has 0 bridgehead atoms. The summed E-state index contributed by atoms with van der Waals surface area (Å²) in [6.45, 7) is 6.87. The van der Waals surface area contributed by atoms with Crippen LogP contribution in [0.25, 0.3) is 0 Å². The molecule has 0 saturated heterocycles. The van der Waals surface area contributed by atoms with E-state index in [9.17, 15) is 9.59 Å². The molecule has 4 N–H and O–H groups in total. The first-order valence-electron chi connectivity index (χ1n) is 6.72. The summed E-state index contributed by atoms with van der Waals surface area (Å²) in [6.07, 6.45) is -0.361. The molecular formula is C15H23N3O3. The second-order valence-electron chi connectivity index (χ2n) is 6.09. The number of hydrogen-bond acceptors (Lipinski definition) is 4.